The average molecular weight is 269 g/mol. The molecule has 0 aliphatic heterocycles. The number of nitrogens with one attached hydrogen (secondary N) is 2. The molecule has 1 heterocycles. The first-order valence-corrected chi connectivity index (χ1v) is 6.89. The van der Waals surface area contributed by atoms with Gasteiger partial charge in [0.15, 0.2) is 0 Å². The van der Waals surface area contributed by atoms with E-state index in [1.807, 2.05) is 4.98 Å². The standard InChI is InChI=1S/C13H20FN3O2/c14-11-9-17(13(19)16-12(11)18)8-7-15-10-5-3-1-2-4-6-10/h9-10,15H,1-8H2,(H,16,18,19). The zero-order chi connectivity index (χ0) is 13.7. The highest BCUT2D eigenvalue weighted by Crippen LogP contribution is 2.16. The molecule has 1 saturated carbocycles. The summed E-state index contributed by atoms with van der Waals surface area (Å²) < 4.78 is 14.3. The molecule has 0 radical (unpaired) electrons. The second-order valence-electron chi connectivity index (χ2n) is 5.07. The average Bonchev–Trinajstić information content (AvgIpc) is 2.64. The molecule has 6 heteroatoms. The number of aromatic amines is 1. The van der Waals surface area contributed by atoms with Crippen LogP contribution < -0.4 is 16.6 Å². The molecule has 0 aromatic carbocycles. The molecule has 0 spiro atoms. The highest BCUT2D eigenvalue weighted by Gasteiger charge is 2.11. The molecule has 1 aliphatic carbocycles. The first-order valence-electron chi connectivity index (χ1n) is 6.89. The van der Waals surface area contributed by atoms with Gasteiger partial charge in [-0.1, -0.05) is 25.7 Å². The highest BCUT2D eigenvalue weighted by molar-refractivity contribution is 4.87. The van der Waals surface area contributed by atoms with Crippen molar-refractivity contribution in [3.8, 4) is 0 Å². The van der Waals surface area contributed by atoms with Crippen LogP contribution in [0.4, 0.5) is 4.39 Å². The molecule has 1 fully saturated rings. The van der Waals surface area contributed by atoms with Gasteiger partial charge in [-0.3, -0.25) is 14.3 Å². The van der Waals surface area contributed by atoms with E-state index < -0.39 is 17.1 Å². The lowest BCUT2D eigenvalue weighted by molar-refractivity contribution is 0.437. The van der Waals surface area contributed by atoms with E-state index in [0.717, 1.165) is 19.0 Å². The summed E-state index contributed by atoms with van der Waals surface area (Å²) >= 11 is 0. The van der Waals surface area contributed by atoms with Crippen LogP contribution in [0.1, 0.15) is 38.5 Å². The van der Waals surface area contributed by atoms with Gasteiger partial charge in [-0.25, -0.2) is 4.79 Å². The van der Waals surface area contributed by atoms with E-state index >= 15 is 0 Å². The minimum atomic E-state index is -0.960. The van der Waals surface area contributed by atoms with Crippen molar-refractivity contribution < 1.29 is 4.39 Å². The lowest BCUT2D eigenvalue weighted by Gasteiger charge is -2.16. The predicted molar refractivity (Wildman–Crippen MR) is 70.8 cm³/mol. The zero-order valence-electron chi connectivity index (χ0n) is 11.0. The summed E-state index contributed by atoms with van der Waals surface area (Å²) in [6.45, 7) is 0.971. The van der Waals surface area contributed by atoms with Crippen LogP contribution in [0.15, 0.2) is 15.8 Å². The van der Waals surface area contributed by atoms with Crippen LogP contribution in [0.3, 0.4) is 0 Å². The first kappa shape index (κ1) is 14.0. The molecule has 106 valence electrons. The lowest BCUT2D eigenvalue weighted by atomic mass is 10.1. The maximum Gasteiger partial charge on any atom is 0.328 e. The van der Waals surface area contributed by atoms with Crippen molar-refractivity contribution in [1.82, 2.24) is 14.9 Å². The van der Waals surface area contributed by atoms with Gasteiger partial charge >= 0.3 is 5.69 Å². The summed E-state index contributed by atoms with van der Waals surface area (Å²) in [4.78, 5) is 24.3. The van der Waals surface area contributed by atoms with Crippen molar-refractivity contribution >= 4 is 0 Å². The van der Waals surface area contributed by atoms with Crippen LogP contribution in [0.25, 0.3) is 0 Å². The summed E-state index contributed by atoms with van der Waals surface area (Å²) in [6.07, 6.45) is 8.36. The zero-order valence-corrected chi connectivity index (χ0v) is 11.0. The number of hydrogen-bond acceptors (Lipinski definition) is 3. The Morgan fingerprint density at radius 1 is 1.26 bits per heavy atom. The molecule has 1 aromatic rings. The number of nitrogens with zero attached hydrogens (tertiary/aromatic N) is 1. The van der Waals surface area contributed by atoms with Crippen LogP contribution >= 0.6 is 0 Å². The molecule has 0 atom stereocenters. The molecule has 0 unspecified atom stereocenters. The maximum atomic E-state index is 13.1. The van der Waals surface area contributed by atoms with E-state index in [-0.39, 0.29) is 0 Å². The van der Waals surface area contributed by atoms with Gasteiger partial charge in [-0.05, 0) is 12.8 Å². The van der Waals surface area contributed by atoms with Crippen molar-refractivity contribution in [2.45, 2.75) is 51.1 Å². The lowest BCUT2D eigenvalue weighted by Crippen LogP contribution is -2.36. The fourth-order valence-corrected chi connectivity index (χ4v) is 2.52. The van der Waals surface area contributed by atoms with E-state index in [1.54, 1.807) is 0 Å². The highest BCUT2D eigenvalue weighted by atomic mass is 19.1. The third kappa shape index (κ3) is 4.02. The van der Waals surface area contributed by atoms with Gasteiger partial charge in [0.1, 0.15) is 0 Å². The molecule has 2 rings (SSSR count). The van der Waals surface area contributed by atoms with Gasteiger partial charge in [-0.15, -0.1) is 0 Å². The number of H-pyrrole nitrogens is 1. The van der Waals surface area contributed by atoms with Gasteiger partial charge in [0.25, 0.3) is 5.56 Å². The smallest absolute Gasteiger partial charge is 0.312 e. The quantitative estimate of drug-likeness (QED) is 0.801. The van der Waals surface area contributed by atoms with Crippen molar-refractivity contribution in [3.05, 3.63) is 32.9 Å². The Labute approximate surface area is 110 Å². The first-order chi connectivity index (χ1) is 9.16. The van der Waals surface area contributed by atoms with Gasteiger partial charge in [0.2, 0.25) is 5.82 Å². The number of aromatic nitrogens is 2. The molecule has 5 nitrogen and oxygen atoms in total. The number of halogens is 1. The molecular formula is C13H20FN3O2. The number of rotatable bonds is 4. The van der Waals surface area contributed by atoms with Crippen molar-refractivity contribution in [3.63, 3.8) is 0 Å². The van der Waals surface area contributed by atoms with Crippen LogP contribution in [0, 0.1) is 5.82 Å². The monoisotopic (exact) mass is 269 g/mol. The summed E-state index contributed by atoms with van der Waals surface area (Å²) in [7, 11) is 0. The Kier molecular flexibility index (Phi) is 4.90. The Morgan fingerprint density at radius 3 is 2.63 bits per heavy atom. The van der Waals surface area contributed by atoms with E-state index in [9.17, 15) is 14.0 Å². The van der Waals surface area contributed by atoms with Gasteiger partial charge in [0, 0.05) is 19.1 Å². The maximum absolute atomic E-state index is 13.1. The Hall–Kier alpha value is -1.43. The fourth-order valence-electron chi connectivity index (χ4n) is 2.52. The molecule has 2 N–H and O–H groups in total. The van der Waals surface area contributed by atoms with Crippen molar-refractivity contribution in [2.24, 2.45) is 0 Å². The van der Waals surface area contributed by atoms with Gasteiger partial charge < -0.3 is 5.32 Å². The van der Waals surface area contributed by atoms with Gasteiger partial charge in [-0.2, -0.15) is 4.39 Å². The largest absolute Gasteiger partial charge is 0.328 e. The molecule has 1 aromatic heterocycles. The molecule has 0 saturated heterocycles. The Bertz CT molecular complexity index is 515. The van der Waals surface area contributed by atoms with E-state index in [1.165, 1.54) is 30.3 Å². The van der Waals surface area contributed by atoms with Crippen LogP contribution in [-0.4, -0.2) is 22.1 Å². The SMILES string of the molecule is O=c1[nH]c(=O)n(CCNC2CCCCCC2)cc1F. The minimum absolute atomic E-state index is 0.364. The third-order valence-corrected chi connectivity index (χ3v) is 3.61. The molecule has 0 amide bonds. The molecule has 0 bridgehead atoms. The fraction of sp³-hybridized carbons (Fsp3) is 0.692. The van der Waals surface area contributed by atoms with Crippen molar-refractivity contribution in [1.29, 1.82) is 0 Å². The van der Waals surface area contributed by atoms with Gasteiger partial charge in [0.05, 0.1) is 6.20 Å². The number of hydrogen-bond donors (Lipinski definition) is 2. The second-order valence-corrected chi connectivity index (χ2v) is 5.07. The topological polar surface area (TPSA) is 66.9 Å². The molecule has 1 aliphatic rings. The Morgan fingerprint density at radius 2 is 1.95 bits per heavy atom. The Balaban J connectivity index is 1.87. The van der Waals surface area contributed by atoms with Crippen LogP contribution in [0.2, 0.25) is 0 Å². The summed E-state index contributed by atoms with van der Waals surface area (Å²) in [6, 6.07) is 0.491. The summed E-state index contributed by atoms with van der Waals surface area (Å²) in [5.74, 6) is -0.922. The predicted octanol–water partition coefficient (Wildman–Crippen LogP) is 0.988. The van der Waals surface area contributed by atoms with Crippen molar-refractivity contribution in [2.75, 3.05) is 6.54 Å². The normalized spacial score (nSPS) is 17.3. The summed E-state index contributed by atoms with van der Waals surface area (Å²) in [5.41, 5.74) is -1.52. The minimum Gasteiger partial charge on any atom is -0.312 e. The van der Waals surface area contributed by atoms with Crippen LogP contribution in [0.5, 0.6) is 0 Å². The third-order valence-electron chi connectivity index (χ3n) is 3.61. The summed E-state index contributed by atoms with van der Waals surface area (Å²) in [5, 5.41) is 3.40. The van der Waals surface area contributed by atoms with E-state index in [0.29, 0.717) is 19.1 Å². The van der Waals surface area contributed by atoms with E-state index in [4.69, 9.17) is 0 Å². The molecular weight excluding hydrogens is 249 g/mol. The van der Waals surface area contributed by atoms with E-state index in [2.05, 4.69) is 5.32 Å². The van der Waals surface area contributed by atoms with Crippen LogP contribution in [-0.2, 0) is 6.54 Å². The molecule has 19 heavy (non-hydrogen) atoms. The second kappa shape index (κ2) is 6.65.